The van der Waals surface area contributed by atoms with Crippen LogP contribution >= 0.6 is 0 Å². The lowest BCUT2D eigenvalue weighted by atomic mass is 10.1. The average molecular weight is 265 g/mol. The number of pyridine rings is 1. The number of alkyl carbamates (subject to hydrolysis) is 1. The quantitative estimate of drug-likeness (QED) is 0.870. The summed E-state index contributed by atoms with van der Waals surface area (Å²) < 4.78 is 5.14. The van der Waals surface area contributed by atoms with E-state index in [1.807, 2.05) is 39.8 Å². The minimum Gasteiger partial charge on any atom is -0.444 e. The number of carbonyl (C=O) groups is 1. The van der Waals surface area contributed by atoms with Gasteiger partial charge in [0.25, 0.3) is 0 Å². The zero-order valence-electron chi connectivity index (χ0n) is 12.1. The number of hydrogen-bond donors (Lipinski definition) is 2. The van der Waals surface area contributed by atoms with Crippen LogP contribution in [0.4, 0.5) is 4.79 Å². The molecule has 1 aromatic rings. The third-order valence-electron chi connectivity index (χ3n) is 2.51. The van der Waals surface area contributed by atoms with Crippen LogP contribution in [0, 0.1) is 6.92 Å². The van der Waals surface area contributed by atoms with Crippen LogP contribution in [0.1, 0.15) is 32.0 Å². The Hall–Kier alpha value is -1.62. The molecule has 5 heteroatoms. The van der Waals surface area contributed by atoms with Gasteiger partial charge in [0, 0.05) is 24.5 Å². The zero-order chi connectivity index (χ0) is 14.5. The fourth-order valence-electron chi connectivity index (χ4n) is 1.62. The second kappa shape index (κ2) is 6.52. The number of rotatable bonds is 4. The molecular weight excluding hydrogens is 242 g/mol. The van der Waals surface area contributed by atoms with Gasteiger partial charge in [0.1, 0.15) is 5.60 Å². The van der Waals surface area contributed by atoms with E-state index in [-0.39, 0.29) is 6.04 Å². The van der Waals surface area contributed by atoms with E-state index in [9.17, 15) is 4.79 Å². The molecule has 1 amide bonds. The van der Waals surface area contributed by atoms with Crippen LogP contribution in [-0.2, 0) is 11.2 Å². The lowest BCUT2D eigenvalue weighted by molar-refractivity contribution is 0.0524. The van der Waals surface area contributed by atoms with Gasteiger partial charge in [-0.15, -0.1) is 0 Å². The number of nitrogens with one attached hydrogen (secondary N) is 1. The van der Waals surface area contributed by atoms with E-state index >= 15 is 0 Å². The van der Waals surface area contributed by atoms with Crippen molar-refractivity contribution >= 4 is 6.09 Å². The molecule has 0 saturated heterocycles. The normalized spacial score (nSPS) is 12.9. The Morgan fingerprint density at radius 3 is 2.79 bits per heavy atom. The number of hydrogen-bond acceptors (Lipinski definition) is 4. The molecule has 0 aliphatic heterocycles. The largest absolute Gasteiger partial charge is 0.444 e. The van der Waals surface area contributed by atoms with Crippen LogP contribution < -0.4 is 11.1 Å². The Kier molecular flexibility index (Phi) is 5.30. The van der Waals surface area contributed by atoms with Gasteiger partial charge in [-0.2, -0.15) is 0 Å². The molecule has 0 radical (unpaired) electrons. The first-order chi connectivity index (χ1) is 8.78. The Bertz CT molecular complexity index is 427. The second-order valence-electron chi connectivity index (χ2n) is 5.59. The summed E-state index contributed by atoms with van der Waals surface area (Å²) in [6.45, 7) is 7.80. The van der Waals surface area contributed by atoms with Gasteiger partial charge in [0.05, 0.1) is 0 Å². The summed E-state index contributed by atoms with van der Waals surface area (Å²) in [5.41, 5.74) is 7.56. The van der Waals surface area contributed by atoms with Crippen molar-refractivity contribution in [3.8, 4) is 0 Å². The highest BCUT2D eigenvalue weighted by Gasteiger charge is 2.16. The summed E-state index contributed by atoms with van der Waals surface area (Å²) in [5.74, 6) is 0. The molecule has 0 fully saturated rings. The van der Waals surface area contributed by atoms with Crippen molar-refractivity contribution < 1.29 is 9.53 Å². The van der Waals surface area contributed by atoms with Crippen molar-refractivity contribution in [3.63, 3.8) is 0 Å². The van der Waals surface area contributed by atoms with E-state index < -0.39 is 11.7 Å². The first kappa shape index (κ1) is 15.4. The minimum absolute atomic E-state index is 0.157. The predicted octanol–water partition coefficient (Wildman–Crippen LogP) is 1.78. The molecule has 3 N–H and O–H groups in total. The maximum absolute atomic E-state index is 11.5. The van der Waals surface area contributed by atoms with E-state index in [4.69, 9.17) is 10.5 Å². The number of nitrogens with two attached hydrogens (primary N) is 1. The van der Waals surface area contributed by atoms with Crippen LogP contribution in [0.2, 0.25) is 0 Å². The van der Waals surface area contributed by atoms with Crippen LogP contribution in [0.15, 0.2) is 18.3 Å². The molecule has 1 heterocycles. The smallest absolute Gasteiger partial charge is 0.407 e. The van der Waals surface area contributed by atoms with E-state index in [0.717, 1.165) is 11.3 Å². The first-order valence-corrected chi connectivity index (χ1v) is 6.41. The number of aromatic nitrogens is 1. The number of aryl methyl sites for hydroxylation is 1. The van der Waals surface area contributed by atoms with Crippen LogP contribution in [-0.4, -0.2) is 29.3 Å². The zero-order valence-corrected chi connectivity index (χ0v) is 12.1. The molecule has 0 bridgehead atoms. The third-order valence-corrected chi connectivity index (χ3v) is 2.51. The molecule has 106 valence electrons. The molecular formula is C14H23N3O2. The van der Waals surface area contributed by atoms with Gasteiger partial charge >= 0.3 is 6.09 Å². The lowest BCUT2D eigenvalue weighted by Gasteiger charge is -2.21. The molecule has 0 aliphatic carbocycles. The Balaban J connectivity index is 2.38. The van der Waals surface area contributed by atoms with Crippen molar-refractivity contribution in [1.29, 1.82) is 0 Å². The van der Waals surface area contributed by atoms with E-state index in [2.05, 4.69) is 10.3 Å². The van der Waals surface area contributed by atoms with Crippen LogP contribution in [0.25, 0.3) is 0 Å². The van der Waals surface area contributed by atoms with Crippen molar-refractivity contribution in [2.24, 2.45) is 5.73 Å². The highest BCUT2D eigenvalue weighted by Crippen LogP contribution is 2.07. The Morgan fingerprint density at radius 1 is 1.53 bits per heavy atom. The van der Waals surface area contributed by atoms with E-state index in [1.54, 1.807) is 6.20 Å². The molecule has 1 unspecified atom stereocenters. The van der Waals surface area contributed by atoms with Gasteiger partial charge in [-0.1, -0.05) is 6.07 Å². The fraction of sp³-hybridized carbons (Fsp3) is 0.571. The van der Waals surface area contributed by atoms with Crippen molar-refractivity contribution in [3.05, 3.63) is 29.6 Å². The van der Waals surface area contributed by atoms with E-state index in [0.29, 0.717) is 13.0 Å². The van der Waals surface area contributed by atoms with Gasteiger partial charge in [-0.25, -0.2) is 4.79 Å². The summed E-state index contributed by atoms with van der Waals surface area (Å²) in [7, 11) is 0. The summed E-state index contributed by atoms with van der Waals surface area (Å²) in [5, 5.41) is 2.67. The Labute approximate surface area is 114 Å². The van der Waals surface area contributed by atoms with E-state index in [1.165, 1.54) is 0 Å². The fourth-order valence-corrected chi connectivity index (χ4v) is 1.62. The molecule has 0 spiro atoms. The van der Waals surface area contributed by atoms with Gasteiger partial charge < -0.3 is 15.8 Å². The predicted molar refractivity (Wildman–Crippen MR) is 74.9 cm³/mol. The number of carbonyl (C=O) groups excluding carboxylic acids is 1. The average Bonchev–Trinajstić information content (AvgIpc) is 2.27. The first-order valence-electron chi connectivity index (χ1n) is 6.41. The second-order valence-corrected chi connectivity index (χ2v) is 5.59. The van der Waals surface area contributed by atoms with Crippen molar-refractivity contribution in [2.45, 2.75) is 45.8 Å². The number of ether oxygens (including phenoxy) is 1. The topological polar surface area (TPSA) is 77.2 Å². The van der Waals surface area contributed by atoms with Crippen molar-refractivity contribution in [1.82, 2.24) is 10.3 Å². The highest BCUT2D eigenvalue weighted by atomic mass is 16.6. The molecule has 19 heavy (non-hydrogen) atoms. The highest BCUT2D eigenvalue weighted by molar-refractivity contribution is 5.67. The standard InChI is InChI=1S/C14H23N3O2/c1-10-11(6-5-7-16-10)8-12(15)9-17-13(18)19-14(2,3)4/h5-7,12H,8-9,15H2,1-4H3,(H,17,18). The molecule has 1 rings (SSSR count). The molecule has 5 nitrogen and oxygen atoms in total. The van der Waals surface area contributed by atoms with Gasteiger partial charge in [-0.3, -0.25) is 4.98 Å². The summed E-state index contributed by atoms with van der Waals surface area (Å²) in [6, 6.07) is 3.72. The number of amides is 1. The monoisotopic (exact) mass is 265 g/mol. The molecule has 0 aromatic carbocycles. The van der Waals surface area contributed by atoms with Crippen LogP contribution in [0.5, 0.6) is 0 Å². The maximum Gasteiger partial charge on any atom is 0.407 e. The SMILES string of the molecule is Cc1ncccc1CC(N)CNC(=O)OC(C)(C)C. The molecule has 0 saturated carbocycles. The summed E-state index contributed by atoms with van der Waals surface area (Å²) >= 11 is 0. The summed E-state index contributed by atoms with van der Waals surface area (Å²) in [4.78, 5) is 15.7. The van der Waals surface area contributed by atoms with Gasteiger partial charge in [0.15, 0.2) is 0 Å². The third kappa shape index (κ3) is 6.20. The van der Waals surface area contributed by atoms with Gasteiger partial charge in [-0.05, 0) is 45.7 Å². The number of nitrogens with zero attached hydrogens (tertiary/aromatic N) is 1. The van der Waals surface area contributed by atoms with Crippen LogP contribution in [0.3, 0.4) is 0 Å². The lowest BCUT2D eigenvalue weighted by Crippen LogP contribution is -2.41. The Morgan fingerprint density at radius 2 is 2.21 bits per heavy atom. The van der Waals surface area contributed by atoms with Gasteiger partial charge in [0.2, 0.25) is 0 Å². The molecule has 1 aromatic heterocycles. The molecule has 0 aliphatic rings. The summed E-state index contributed by atoms with van der Waals surface area (Å²) in [6.07, 6.45) is 1.99. The molecule has 1 atom stereocenters. The van der Waals surface area contributed by atoms with Crippen molar-refractivity contribution in [2.75, 3.05) is 6.54 Å². The minimum atomic E-state index is -0.492. The maximum atomic E-state index is 11.5.